The number of nitrogens with zero attached hydrogens (tertiary/aromatic N) is 1. The van der Waals surface area contributed by atoms with Gasteiger partial charge in [0.15, 0.2) is 0 Å². The summed E-state index contributed by atoms with van der Waals surface area (Å²) in [6, 6.07) is 0. The summed E-state index contributed by atoms with van der Waals surface area (Å²) in [5.41, 5.74) is -0.785. The largest absolute Gasteiger partial charge is 0.393 e. The van der Waals surface area contributed by atoms with Gasteiger partial charge in [-0.15, -0.1) is 0 Å². The second-order valence-corrected chi connectivity index (χ2v) is 3.19. The Kier molecular flexibility index (Phi) is 2.28. The number of aliphatic hydroxyl groups excluding tert-OH is 1. The molecule has 0 amide bonds. The molecule has 0 unspecified atom stereocenters. The number of rotatable bonds is 1. The smallest absolute Gasteiger partial charge is 0.0901 e. The van der Waals surface area contributed by atoms with Gasteiger partial charge in [-0.3, -0.25) is 0 Å². The van der Waals surface area contributed by atoms with Crippen LogP contribution in [0.5, 0.6) is 0 Å². The van der Waals surface area contributed by atoms with Crippen LogP contribution >= 0.6 is 0 Å². The van der Waals surface area contributed by atoms with E-state index >= 15 is 0 Å². The average Bonchev–Trinajstić information content (AvgIpc) is 1.96. The monoisotopic (exact) mass is 145 g/mol. The molecule has 0 radical (unpaired) electrons. The zero-order valence-corrected chi connectivity index (χ0v) is 6.38. The summed E-state index contributed by atoms with van der Waals surface area (Å²) in [7, 11) is 2.02. The normalized spacial score (nSPS) is 26.7. The molecule has 0 aliphatic carbocycles. The van der Waals surface area contributed by atoms with Crippen molar-refractivity contribution >= 4 is 0 Å². The highest BCUT2D eigenvalue weighted by Gasteiger charge is 2.29. The molecule has 0 spiro atoms. The molecule has 0 saturated carbocycles. The van der Waals surface area contributed by atoms with Gasteiger partial charge in [-0.25, -0.2) is 0 Å². The number of aliphatic hydroxyl groups is 2. The molecule has 2 N–H and O–H groups in total. The Morgan fingerprint density at radius 2 is 1.90 bits per heavy atom. The minimum atomic E-state index is -0.785. The summed E-state index contributed by atoms with van der Waals surface area (Å²) in [6.45, 7) is 1.68. The summed E-state index contributed by atoms with van der Waals surface area (Å²) < 4.78 is 0. The van der Waals surface area contributed by atoms with Crippen LogP contribution < -0.4 is 0 Å². The molecular formula is C7H15NO2. The van der Waals surface area contributed by atoms with Gasteiger partial charge in [0.05, 0.1) is 12.2 Å². The summed E-state index contributed by atoms with van der Waals surface area (Å²) in [5, 5.41) is 18.3. The van der Waals surface area contributed by atoms with Gasteiger partial charge in [0.2, 0.25) is 0 Å². The third-order valence-electron chi connectivity index (χ3n) is 2.21. The van der Waals surface area contributed by atoms with Crippen molar-refractivity contribution in [2.75, 3.05) is 26.7 Å². The molecule has 0 aromatic rings. The van der Waals surface area contributed by atoms with Gasteiger partial charge < -0.3 is 15.1 Å². The van der Waals surface area contributed by atoms with E-state index < -0.39 is 5.60 Å². The van der Waals surface area contributed by atoms with Gasteiger partial charge in [-0.1, -0.05) is 0 Å². The number of likely N-dealkylation sites (tertiary alicyclic amines) is 1. The molecule has 1 rings (SSSR count). The van der Waals surface area contributed by atoms with E-state index in [0.29, 0.717) is 12.8 Å². The highest BCUT2D eigenvalue weighted by atomic mass is 16.3. The standard InChI is InChI=1S/C7H15NO2/c1-8-4-2-7(10,6-9)3-5-8/h9-10H,2-6H2,1H3. The zero-order valence-electron chi connectivity index (χ0n) is 6.38. The van der Waals surface area contributed by atoms with Crippen LogP contribution in [0.15, 0.2) is 0 Å². The van der Waals surface area contributed by atoms with Gasteiger partial charge in [-0.05, 0) is 19.9 Å². The van der Waals surface area contributed by atoms with E-state index in [1.807, 2.05) is 7.05 Å². The third-order valence-corrected chi connectivity index (χ3v) is 2.21. The Labute approximate surface area is 61.3 Å². The fraction of sp³-hybridized carbons (Fsp3) is 1.00. The van der Waals surface area contributed by atoms with Crippen molar-refractivity contribution in [1.29, 1.82) is 0 Å². The molecule has 0 bridgehead atoms. The second kappa shape index (κ2) is 2.86. The van der Waals surface area contributed by atoms with Gasteiger partial charge >= 0.3 is 0 Å². The maximum absolute atomic E-state index is 9.52. The molecule has 10 heavy (non-hydrogen) atoms. The molecule has 1 aliphatic rings. The summed E-state index contributed by atoms with van der Waals surface area (Å²) in [5.74, 6) is 0. The van der Waals surface area contributed by atoms with Gasteiger partial charge in [0.1, 0.15) is 0 Å². The first-order valence-electron chi connectivity index (χ1n) is 3.68. The van der Waals surface area contributed by atoms with Crippen molar-refractivity contribution in [2.24, 2.45) is 0 Å². The summed E-state index contributed by atoms with van der Waals surface area (Å²) in [4.78, 5) is 2.16. The van der Waals surface area contributed by atoms with Crippen LogP contribution in [0, 0.1) is 0 Å². The lowest BCUT2D eigenvalue weighted by atomic mass is 9.93. The molecule has 0 aromatic carbocycles. The second-order valence-electron chi connectivity index (χ2n) is 3.19. The quantitative estimate of drug-likeness (QED) is 0.519. The maximum atomic E-state index is 9.52. The lowest BCUT2D eigenvalue weighted by molar-refractivity contribution is -0.0555. The van der Waals surface area contributed by atoms with E-state index in [9.17, 15) is 5.11 Å². The highest BCUT2D eigenvalue weighted by Crippen LogP contribution is 2.19. The third kappa shape index (κ3) is 1.68. The van der Waals surface area contributed by atoms with E-state index in [-0.39, 0.29) is 6.61 Å². The first kappa shape index (κ1) is 7.98. The molecule has 0 aromatic heterocycles. The first-order valence-corrected chi connectivity index (χ1v) is 3.68. The van der Waals surface area contributed by atoms with Crippen LogP contribution in [0.4, 0.5) is 0 Å². The van der Waals surface area contributed by atoms with Crippen LogP contribution in [0.1, 0.15) is 12.8 Å². The van der Waals surface area contributed by atoms with Crippen LogP contribution in [0.25, 0.3) is 0 Å². The summed E-state index contributed by atoms with van der Waals surface area (Å²) in [6.07, 6.45) is 1.39. The lowest BCUT2D eigenvalue weighted by Crippen LogP contribution is -2.45. The molecule has 0 atom stereocenters. The predicted molar refractivity (Wildman–Crippen MR) is 38.8 cm³/mol. The first-order chi connectivity index (χ1) is 4.66. The predicted octanol–water partition coefficient (Wildman–Crippen LogP) is -0.565. The number of hydrogen-bond acceptors (Lipinski definition) is 3. The van der Waals surface area contributed by atoms with E-state index in [1.54, 1.807) is 0 Å². The molecule has 3 heteroatoms. The molecule has 1 fully saturated rings. The summed E-state index contributed by atoms with van der Waals surface area (Å²) >= 11 is 0. The molecule has 60 valence electrons. The molecule has 1 saturated heterocycles. The molecule has 1 aliphatic heterocycles. The fourth-order valence-electron chi connectivity index (χ4n) is 1.19. The lowest BCUT2D eigenvalue weighted by Gasteiger charge is -2.34. The van der Waals surface area contributed by atoms with Gasteiger partial charge in [0.25, 0.3) is 0 Å². The van der Waals surface area contributed by atoms with Crippen LogP contribution in [-0.2, 0) is 0 Å². The van der Waals surface area contributed by atoms with Crippen LogP contribution in [0.3, 0.4) is 0 Å². The van der Waals surface area contributed by atoms with Gasteiger partial charge in [0, 0.05) is 13.1 Å². The van der Waals surface area contributed by atoms with Crippen LogP contribution in [0.2, 0.25) is 0 Å². The van der Waals surface area contributed by atoms with Crippen molar-refractivity contribution in [1.82, 2.24) is 4.90 Å². The Balaban J connectivity index is 2.38. The Morgan fingerprint density at radius 1 is 1.40 bits per heavy atom. The molecular weight excluding hydrogens is 130 g/mol. The van der Waals surface area contributed by atoms with Crippen molar-refractivity contribution in [3.8, 4) is 0 Å². The zero-order chi connectivity index (χ0) is 7.61. The van der Waals surface area contributed by atoms with E-state index in [1.165, 1.54) is 0 Å². The number of hydrogen-bond donors (Lipinski definition) is 2. The van der Waals surface area contributed by atoms with Crippen molar-refractivity contribution < 1.29 is 10.2 Å². The fourth-order valence-corrected chi connectivity index (χ4v) is 1.19. The van der Waals surface area contributed by atoms with E-state index in [0.717, 1.165) is 13.1 Å². The van der Waals surface area contributed by atoms with Gasteiger partial charge in [-0.2, -0.15) is 0 Å². The Morgan fingerprint density at radius 3 is 2.30 bits per heavy atom. The minimum Gasteiger partial charge on any atom is -0.393 e. The Bertz CT molecular complexity index is 108. The van der Waals surface area contributed by atoms with Crippen molar-refractivity contribution in [3.63, 3.8) is 0 Å². The SMILES string of the molecule is CN1CCC(O)(CO)CC1. The van der Waals surface area contributed by atoms with Crippen molar-refractivity contribution in [3.05, 3.63) is 0 Å². The number of piperidine rings is 1. The minimum absolute atomic E-state index is 0.0964. The Hall–Kier alpha value is -0.120. The average molecular weight is 145 g/mol. The van der Waals surface area contributed by atoms with Crippen molar-refractivity contribution in [2.45, 2.75) is 18.4 Å². The topological polar surface area (TPSA) is 43.7 Å². The molecule has 1 heterocycles. The highest BCUT2D eigenvalue weighted by molar-refractivity contribution is 4.83. The maximum Gasteiger partial charge on any atom is 0.0901 e. The molecule has 3 nitrogen and oxygen atoms in total. The van der Waals surface area contributed by atoms with E-state index in [2.05, 4.69) is 4.90 Å². The van der Waals surface area contributed by atoms with E-state index in [4.69, 9.17) is 5.11 Å². The van der Waals surface area contributed by atoms with Crippen LogP contribution in [-0.4, -0.2) is 47.5 Å².